The Morgan fingerprint density at radius 3 is 2.70 bits per heavy atom. The molecule has 0 unspecified atom stereocenters. The first-order chi connectivity index (χ1) is 9.47. The lowest BCUT2D eigenvalue weighted by atomic mass is 10.3. The van der Waals surface area contributed by atoms with Gasteiger partial charge in [0, 0.05) is 18.3 Å². The van der Waals surface area contributed by atoms with E-state index in [2.05, 4.69) is 5.32 Å². The zero-order chi connectivity index (χ0) is 15.1. The number of rotatable bonds is 7. The summed E-state index contributed by atoms with van der Waals surface area (Å²) < 4.78 is 5.05. The van der Waals surface area contributed by atoms with Crippen LogP contribution >= 0.6 is 11.6 Å². The highest BCUT2D eigenvalue weighted by molar-refractivity contribution is 6.32. The van der Waals surface area contributed by atoms with Gasteiger partial charge < -0.3 is 15.2 Å². The number of halogens is 1. The summed E-state index contributed by atoms with van der Waals surface area (Å²) in [6.45, 7) is 4.68. The molecule has 0 aliphatic rings. The van der Waals surface area contributed by atoms with Gasteiger partial charge in [0.05, 0.1) is 25.3 Å². The molecule has 1 aromatic rings. The maximum atomic E-state index is 12.0. The predicted octanol–water partition coefficient (Wildman–Crippen LogP) is 1.99. The van der Waals surface area contributed by atoms with Gasteiger partial charge >= 0.3 is 0 Å². The van der Waals surface area contributed by atoms with Crippen molar-refractivity contribution in [2.45, 2.75) is 19.9 Å². The molecule has 5 nitrogen and oxygen atoms in total. The molecule has 0 atom stereocenters. The molecule has 1 aromatic carbocycles. The number of benzene rings is 1. The van der Waals surface area contributed by atoms with Gasteiger partial charge in [-0.2, -0.15) is 0 Å². The van der Waals surface area contributed by atoms with E-state index in [1.165, 1.54) is 7.11 Å². The van der Waals surface area contributed by atoms with Crippen LogP contribution in [0.1, 0.15) is 13.8 Å². The molecule has 112 valence electrons. The topological polar surface area (TPSA) is 61.8 Å². The number of nitrogens with one attached hydrogen (secondary N) is 1. The summed E-state index contributed by atoms with van der Waals surface area (Å²) in [7, 11) is 1.54. The van der Waals surface area contributed by atoms with Crippen LogP contribution in [0.4, 0.5) is 5.69 Å². The molecule has 1 rings (SSSR count). The minimum Gasteiger partial charge on any atom is -0.495 e. The molecule has 0 aromatic heterocycles. The fourth-order valence-electron chi connectivity index (χ4n) is 1.78. The SMILES string of the molecule is COc1ccc(NC(=O)CN(CCO)C(C)C)cc1Cl. The van der Waals surface area contributed by atoms with Crippen molar-refractivity contribution in [3.63, 3.8) is 0 Å². The third-order valence-electron chi connectivity index (χ3n) is 2.90. The van der Waals surface area contributed by atoms with Gasteiger partial charge in [0.2, 0.25) is 5.91 Å². The van der Waals surface area contributed by atoms with E-state index in [0.717, 1.165) is 0 Å². The summed E-state index contributed by atoms with van der Waals surface area (Å²) in [4.78, 5) is 13.8. The van der Waals surface area contributed by atoms with E-state index in [1.807, 2.05) is 18.7 Å². The Labute approximate surface area is 124 Å². The molecular formula is C14H21ClN2O3. The molecule has 0 spiro atoms. The fourth-order valence-corrected chi connectivity index (χ4v) is 2.04. The molecule has 0 radical (unpaired) electrons. The Morgan fingerprint density at radius 1 is 1.50 bits per heavy atom. The van der Waals surface area contributed by atoms with Crippen LogP contribution in [-0.4, -0.2) is 48.8 Å². The Morgan fingerprint density at radius 2 is 2.20 bits per heavy atom. The van der Waals surface area contributed by atoms with Crippen molar-refractivity contribution in [1.82, 2.24) is 4.90 Å². The zero-order valence-electron chi connectivity index (χ0n) is 12.0. The molecule has 2 N–H and O–H groups in total. The van der Waals surface area contributed by atoms with E-state index in [1.54, 1.807) is 18.2 Å². The smallest absolute Gasteiger partial charge is 0.238 e. The van der Waals surface area contributed by atoms with Crippen LogP contribution in [0.5, 0.6) is 5.75 Å². The molecule has 0 aliphatic carbocycles. The number of carbonyl (C=O) groups is 1. The molecule has 0 saturated heterocycles. The first-order valence-electron chi connectivity index (χ1n) is 6.46. The van der Waals surface area contributed by atoms with Crippen LogP contribution in [-0.2, 0) is 4.79 Å². The van der Waals surface area contributed by atoms with E-state index in [0.29, 0.717) is 23.0 Å². The Kier molecular flexibility index (Phi) is 6.78. The second kappa shape index (κ2) is 8.09. The van der Waals surface area contributed by atoms with Crippen LogP contribution in [0.15, 0.2) is 18.2 Å². The van der Waals surface area contributed by atoms with Crippen LogP contribution < -0.4 is 10.1 Å². The van der Waals surface area contributed by atoms with Crippen molar-refractivity contribution >= 4 is 23.2 Å². The number of amides is 1. The van der Waals surface area contributed by atoms with E-state index >= 15 is 0 Å². The average molecular weight is 301 g/mol. The predicted molar refractivity (Wildman–Crippen MR) is 80.4 cm³/mol. The monoisotopic (exact) mass is 300 g/mol. The van der Waals surface area contributed by atoms with Crippen molar-refractivity contribution in [1.29, 1.82) is 0 Å². The minimum atomic E-state index is -0.145. The van der Waals surface area contributed by atoms with E-state index in [9.17, 15) is 4.79 Å². The highest BCUT2D eigenvalue weighted by atomic mass is 35.5. The number of hydrogen-bond acceptors (Lipinski definition) is 4. The molecule has 0 saturated carbocycles. The van der Waals surface area contributed by atoms with Crippen molar-refractivity contribution in [2.75, 3.05) is 32.1 Å². The van der Waals surface area contributed by atoms with Crippen LogP contribution in [0.3, 0.4) is 0 Å². The average Bonchev–Trinajstić information content (AvgIpc) is 2.38. The zero-order valence-corrected chi connectivity index (χ0v) is 12.8. The Balaban J connectivity index is 2.63. The largest absolute Gasteiger partial charge is 0.495 e. The lowest BCUT2D eigenvalue weighted by molar-refractivity contribution is -0.117. The van der Waals surface area contributed by atoms with Crippen molar-refractivity contribution in [3.05, 3.63) is 23.2 Å². The first-order valence-corrected chi connectivity index (χ1v) is 6.84. The van der Waals surface area contributed by atoms with Crippen molar-refractivity contribution < 1.29 is 14.6 Å². The number of aliphatic hydroxyl groups is 1. The molecule has 20 heavy (non-hydrogen) atoms. The molecule has 0 bridgehead atoms. The lowest BCUT2D eigenvalue weighted by Gasteiger charge is -2.24. The third-order valence-corrected chi connectivity index (χ3v) is 3.20. The van der Waals surface area contributed by atoms with Crippen LogP contribution in [0.25, 0.3) is 0 Å². The maximum absolute atomic E-state index is 12.0. The van der Waals surface area contributed by atoms with Crippen LogP contribution in [0, 0.1) is 0 Å². The molecular weight excluding hydrogens is 280 g/mol. The number of anilines is 1. The van der Waals surface area contributed by atoms with E-state index in [4.69, 9.17) is 21.4 Å². The summed E-state index contributed by atoms with van der Waals surface area (Å²) in [5.41, 5.74) is 0.619. The van der Waals surface area contributed by atoms with E-state index < -0.39 is 0 Å². The number of hydrogen-bond donors (Lipinski definition) is 2. The van der Waals surface area contributed by atoms with Gasteiger partial charge in [-0.1, -0.05) is 11.6 Å². The normalized spacial score (nSPS) is 10.9. The van der Waals surface area contributed by atoms with Gasteiger partial charge in [-0.05, 0) is 32.0 Å². The molecule has 0 fully saturated rings. The number of methoxy groups -OCH3 is 1. The van der Waals surface area contributed by atoms with E-state index in [-0.39, 0.29) is 25.1 Å². The molecule has 1 amide bonds. The summed E-state index contributed by atoms with van der Waals surface area (Å²) in [5.74, 6) is 0.419. The van der Waals surface area contributed by atoms with Crippen molar-refractivity contribution in [3.8, 4) is 5.75 Å². The van der Waals surface area contributed by atoms with Gasteiger partial charge in [-0.25, -0.2) is 0 Å². The van der Waals surface area contributed by atoms with Gasteiger partial charge in [0.1, 0.15) is 5.75 Å². The molecule has 0 aliphatic heterocycles. The Hall–Kier alpha value is -1.30. The lowest BCUT2D eigenvalue weighted by Crippen LogP contribution is -2.39. The van der Waals surface area contributed by atoms with Crippen LogP contribution in [0.2, 0.25) is 5.02 Å². The summed E-state index contributed by atoms with van der Waals surface area (Å²) in [6.07, 6.45) is 0. The second-order valence-corrected chi connectivity index (χ2v) is 5.09. The van der Waals surface area contributed by atoms with Gasteiger partial charge in [-0.15, -0.1) is 0 Å². The molecule has 0 heterocycles. The number of carbonyl (C=O) groups excluding carboxylic acids is 1. The summed E-state index contributed by atoms with van der Waals surface area (Å²) >= 11 is 6.00. The third kappa shape index (κ3) is 5.00. The Bertz CT molecular complexity index is 452. The maximum Gasteiger partial charge on any atom is 0.238 e. The number of ether oxygens (including phenoxy) is 1. The summed E-state index contributed by atoms with van der Waals surface area (Å²) in [6, 6.07) is 5.26. The highest BCUT2D eigenvalue weighted by Crippen LogP contribution is 2.27. The fraction of sp³-hybridized carbons (Fsp3) is 0.500. The molecule has 6 heteroatoms. The van der Waals surface area contributed by atoms with Gasteiger partial charge in [0.15, 0.2) is 0 Å². The van der Waals surface area contributed by atoms with Gasteiger partial charge in [0.25, 0.3) is 0 Å². The number of nitrogens with zero attached hydrogens (tertiary/aromatic N) is 1. The standard InChI is InChI=1S/C14H21ClN2O3/c1-10(2)17(6-7-18)9-14(19)16-11-4-5-13(20-3)12(15)8-11/h4-5,8,10,18H,6-7,9H2,1-3H3,(H,16,19). The minimum absolute atomic E-state index is 0.0276. The number of aliphatic hydroxyl groups excluding tert-OH is 1. The quantitative estimate of drug-likeness (QED) is 0.808. The van der Waals surface area contributed by atoms with Crippen molar-refractivity contribution in [2.24, 2.45) is 0 Å². The summed E-state index contributed by atoms with van der Waals surface area (Å²) in [5, 5.41) is 12.2. The first kappa shape index (κ1) is 16.8. The highest BCUT2D eigenvalue weighted by Gasteiger charge is 2.14. The van der Waals surface area contributed by atoms with Gasteiger partial charge in [-0.3, -0.25) is 9.69 Å². The second-order valence-electron chi connectivity index (χ2n) is 4.69.